The summed E-state index contributed by atoms with van der Waals surface area (Å²) in [4.78, 5) is 4.98. The zero-order valence-electron chi connectivity index (χ0n) is 20.7. The van der Waals surface area contributed by atoms with Crippen LogP contribution in [0.15, 0.2) is 34.9 Å². The molecule has 11 heteroatoms. The van der Waals surface area contributed by atoms with Gasteiger partial charge in [-0.05, 0) is 25.7 Å². The van der Waals surface area contributed by atoms with Gasteiger partial charge in [0.2, 0.25) is 10.0 Å². The lowest BCUT2D eigenvalue weighted by atomic mass is 10.0. The molecule has 4 rings (SSSR count). The molecule has 0 spiro atoms. The summed E-state index contributed by atoms with van der Waals surface area (Å²) in [6, 6.07) is 3.04. The molecule has 2 aromatic rings. The van der Waals surface area contributed by atoms with E-state index in [-0.39, 0.29) is 12.1 Å². The molecule has 10 nitrogen and oxygen atoms in total. The van der Waals surface area contributed by atoms with Crippen molar-refractivity contribution in [2.75, 3.05) is 19.3 Å². The van der Waals surface area contributed by atoms with Crippen molar-refractivity contribution in [1.82, 2.24) is 28.9 Å². The van der Waals surface area contributed by atoms with Gasteiger partial charge in [0.05, 0.1) is 43.0 Å². The maximum atomic E-state index is 11.8. The van der Waals surface area contributed by atoms with Crippen molar-refractivity contribution in [2.45, 2.75) is 70.6 Å². The Kier molecular flexibility index (Phi) is 7.72. The maximum absolute atomic E-state index is 11.8. The number of terminal acetylenes is 1. The van der Waals surface area contributed by atoms with E-state index < -0.39 is 10.0 Å². The minimum absolute atomic E-state index is 0.130. The molecule has 4 heterocycles. The second-order valence-corrected chi connectivity index (χ2v) is 11.1. The van der Waals surface area contributed by atoms with Crippen LogP contribution >= 0.6 is 0 Å². The van der Waals surface area contributed by atoms with Gasteiger partial charge >= 0.3 is 0 Å². The molecule has 1 atom stereocenters. The van der Waals surface area contributed by atoms with E-state index in [0.717, 1.165) is 42.5 Å². The molecule has 188 valence electrons. The molecule has 0 aliphatic carbocycles. The Balaban J connectivity index is 1.51. The van der Waals surface area contributed by atoms with Gasteiger partial charge in [-0.3, -0.25) is 14.4 Å². The van der Waals surface area contributed by atoms with Crippen molar-refractivity contribution < 1.29 is 8.42 Å². The van der Waals surface area contributed by atoms with Gasteiger partial charge in [0.1, 0.15) is 6.04 Å². The van der Waals surface area contributed by atoms with Crippen LogP contribution in [-0.2, 0) is 16.6 Å². The van der Waals surface area contributed by atoms with Crippen LogP contribution in [0.4, 0.5) is 0 Å². The fourth-order valence-corrected chi connectivity index (χ4v) is 5.64. The number of sulfonamides is 1. The van der Waals surface area contributed by atoms with Gasteiger partial charge in [-0.15, -0.1) is 0 Å². The lowest BCUT2D eigenvalue weighted by Gasteiger charge is -2.30. The number of aliphatic imine (C=N–C) groups is 1. The van der Waals surface area contributed by atoms with Crippen LogP contribution in [-0.4, -0.2) is 74.6 Å². The molecule has 0 bridgehead atoms. The third-order valence-corrected chi connectivity index (χ3v) is 8.15. The highest BCUT2D eigenvalue weighted by molar-refractivity contribution is 7.88. The summed E-state index contributed by atoms with van der Waals surface area (Å²) in [6.45, 7) is 5.83. The molecular formula is C24H34N8O2S. The predicted octanol–water partition coefficient (Wildman–Crippen LogP) is 2.68. The molecule has 2 aliphatic heterocycles. The minimum Gasteiger partial charge on any atom is -0.282 e. The van der Waals surface area contributed by atoms with Crippen molar-refractivity contribution >= 4 is 21.9 Å². The fraction of sp³-hybridized carbons (Fsp3) is 0.583. The Bertz CT molecular complexity index is 1210. The van der Waals surface area contributed by atoms with E-state index in [1.807, 2.05) is 34.2 Å². The summed E-state index contributed by atoms with van der Waals surface area (Å²) in [5, 5.41) is 15.1. The molecule has 0 aromatic carbocycles. The van der Waals surface area contributed by atoms with Crippen LogP contribution < -0.4 is 0 Å². The number of piperidine rings is 1. The van der Waals surface area contributed by atoms with Gasteiger partial charge in [0.25, 0.3) is 0 Å². The largest absolute Gasteiger partial charge is 0.282 e. The van der Waals surface area contributed by atoms with Crippen LogP contribution in [0.25, 0.3) is 0 Å². The topological polar surface area (TPSA) is 101 Å². The Morgan fingerprint density at radius 1 is 1.20 bits per heavy atom. The van der Waals surface area contributed by atoms with E-state index in [1.165, 1.54) is 10.6 Å². The molecular weight excluding hydrogens is 464 g/mol. The molecule has 0 radical (unpaired) electrons. The van der Waals surface area contributed by atoms with Crippen LogP contribution in [0, 0.1) is 12.5 Å². The summed E-state index contributed by atoms with van der Waals surface area (Å²) in [5.74, 6) is 0. The van der Waals surface area contributed by atoms with E-state index in [9.17, 15) is 8.42 Å². The second kappa shape index (κ2) is 10.7. The highest BCUT2D eigenvalue weighted by atomic mass is 32.2. The normalized spacial score (nSPS) is 20.1. The predicted molar refractivity (Wildman–Crippen MR) is 137 cm³/mol. The standard InChI is InChI=1S/C24H34N8O2S/c1-5-21(6-2)32-18-20(16-28-32)24(23-8-11-26-30(23)7-3)25-14-19-15-27-31(17-19)22-9-12-29(13-10-22)35(4,33)34/h3,11,15-18,21-23H,5-6,8-10,12-14H2,1-2,4H3. The number of nitrogens with zero attached hydrogens (tertiary/aromatic N) is 8. The van der Waals surface area contributed by atoms with Crippen LogP contribution in [0.5, 0.6) is 0 Å². The van der Waals surface area contributed by atoms with Crippen molar-refractivity contribution in [3.63, 3.8) is 0 Å². The quantitative estimate of drug-likeness (QED) is 0.391. The third kappa shape index (κ3) is 5.65. The Morgan fingerprint density at radius 3 is 2.60 bits per heavy atom. The van der Waals surface area contributed by atoms with Crippen molar-refractivity contribution in [1.29, 1.82) is 0 Å². The van der Waals surface area contributed by atoms with E-state index in [2.05, 4.69) is 41.4 Å². The zero-order chi connectivity index (χ0) is 25.0. The van der Waals surface area contributed by atoms with Gasteiger partial charge in [0.15, 0.2) is 0 Å². The summed E-state index contributed by atoms with van der Waals surface area (Å²) >= 11 is 0. The average Bonchev–Trinajstić information content (AvgIpc) is 3.61. The Labute approximate surface area is 207 Å². The molecule has 1 saturated heterocycles. The molecule has 0 N–H and O–H groups in total. The number of hydrogen-bond acceptors (Lipinski definition) is 7. The third-order valence-electron chi connectivity index (χ3n) is 6.85. The SMILES string of the molecule is C#CN1N=CCC1C(=NCc1cnn(C2CCN(S(C)(=O)=O)CC2)c1)c1cnn(C(CC)CC)c1. The number of aromatic nitrogens is 4. The molecule has 2 aromatic heterocycles. The number of hydrazone groups is 1. The molecule has 1 fully saturated rings. The van der Waals surface area contributed by atoms with Crippen molar-refractivity contribution in [3.05, 3.63) is 35.9 Å². The Morgan fingerprint density at radius 2 is 1.94 bits per heavy atom. The monoisotopic (exact) mass is 498 g/mol. The first-order chi connectivity index (χ1) is 16.8. The first-order valence-electron chi connectivity index (χ1n) is 12.2. The second-order valence-electron chi connectivity index (χ2n) is 9.13. The van der Waals surface area contributed by atoms with Crippen molar-refractivity contribution in [2.24, 2.45) is 10.1 Å². The smallest absolute Gasteiger partial charge is 0.211 e. The summed E-state index contributed by atoms with van der Waals surface area (Å²) in [7, 11) is -3.14. The molecule has 35 heavy (non-hydrogen) atoms. The van der Waals surface area contributed by atoms with Gasteiger partial charge in [-0.2, -0.15) is 15.3 Å². The number of rotatable bonds is 9. The Hall–Kier alpha value is -2.97. The number of hydrogen-bond donors (Lipinski definition) is 0. The molecule has 1 unspecified atom stereocenters. The molecule has 0 saturated carbocycles. The van der Waals surface area contributed by atoms with E-state index in [1.54, 1.807) is 5.01 Å². The van der Waals surface area contributed by atoms with Crippen LogP contribution in [0.3, 0.4) is 0 Å². The van der Waals surface area contributed by atoms with Crippen LogP contribution in [0.1, 0.15) is 69.2 Å². The van der Waals surface area contributed by atoms with Gasteiger partial charge < -0.3 is 0 Å². The van der Waals surface area contributed by atoms with E-state index in [4.69, 9.17) is 11.4 Å². The first kappa shape index (κ1) is 25.1. The summed E-state index contributed by atoms with van der Waals surface area (Å²) in [6.07, 6.45) is 20.8. The van der Waals surface area contributed by atoms with E-state index >= 15 is 0 Å². The van der Waals surface area contributed by atoms with Gasteiger partial charge in [-0.1, -0.05) is 20.3 Å². The highest BCUT2D eigenvalue weighted by Crippen LogP contribution is 2.24. The zero-order valence-corrected chi connectivity index (χ0v) is 21.5. The van der Waals surface area contributed by atoms with E-state index in [0.29, 0.717) is 32.1 Å². The summed E-state index contributed by atoms with van der Waals surface area (Å²) in [5.41, 5.74) is 2.81. The van der Waals surface area contributed by atoms with Crippen molar-refractivity contribution in [3.8, 4) is 12.5 Å². The summed E-state index contributed by atoms with van der Waals surface area (Å²) < 4.78 is 29.1. The minimum atomic E-state index is -3.14. The molecule has 0 amide bonds. The first-order valence-corrected chi connectivity index (χ1v) is 14.0. The fourth-order valence-electron chi connectivity index (χ4n) is 4.76. The lowest BCUT2D eigenvalue weighted by molar-refractivity contribution is 0.262. The maximum Gasteiger partial charge on any atom is 0.211 e. The lowest BCUT2D eigenvalue weighted by Crippen LogP contribution is -2.38. The highest BCUT2D eigenvalue weighted by Gasteiger charge is 2.28. The van der Waals surface area contributed by atoms with Crippen LogP contribution in [0.2, 0.25) is 0 Å². The average molecular weight is 499 g/mol. The van der Waals surface area contributed by atoms with Gasteiger partial charge in [0, 0.05) is 55.3 Å². The van der Waals surface area contributed by atoms with Gasteiger partial charge in [-0.25, -0.2) is 17.7 Å². The molecule has 2 aliphatic rings.